The van der Waals surface area contributed by atoms with E-state index in [9.17, 15) is 8.42 Å². The minimum Gasteiger partial charge on any atom is -0.497 e. The molecule has 5 nitrogen and oxygen atoms in total. The van der Waals surface area contributed by atoms with Crippen LogP contribution in [0.15, 0.2) is 41.3 Å². The first-order valence-electron chi connectivity index (χ1n) is 6.98. The third kappa shape index (κ3) is 3.95. The molecule has 0 radical (unpaired) electrons. The Morgan fingerprint density at radius 2 is 1.58 bits per heavy atom. The summed E-state index contributed by atoms with van der Waals surface area (Å²) in [5, 5.41) is -0.0235. The number of halogens is 2. The highest BCUT2D eigenvalue weighted by atomic mass is 35.5. The fourth-order valence-electron chi connectivity index (χ4n) is 2.14. The van der Waals surface area contributed by atoms with Crippen molar-refractivity contribution in [1.82, 2.24) is 4.72 Å². The molecule has 0 saturated heterocycles. The van der Waals surface area contributed by atoms with Crippen molar-refractivity contribution in [2.24, 2.45) is 0 Å². The summed E-state index contributed by atoms with van der Waals surface area (Å²) in [4.78, 5) is -0.102. The van der Waals surface area contributed by atoms with Gasteiger partial charge in [-0.05, 0) is 36.8 Å². The Hall–Kier alpha value is -1.47. The lowest BCUT2D eigenvalue weighted by Gasteiger charge is -2.16. The minimum absolute atomic E-state index is 0.0548. The van der Waals surface area contributed by atoms with Gasteiger partial charge in [-0.15, -0.1) is 0 Å². The van der Waals surface area contributed by atoms with Crippen LogP contribution in [0.3, 0.4) is 0 Å². The molecule has 0 amide bonds. The predicted octanol–water partition coefficient (Wildman–Crippen LogP) is 4.05. The number of hydrogen-bond donors (Lipinski definition) is 1. The molecule has 1 atom stereocenters. The predicted molar refractivity (Wildman–Crippen MR) is 94.7 cm³/mol. The summed E-state index contributed by atoms with van der Waals surface area (Å²) in [6.45, 7) is 1.73. The Morgan fingerprint density at radius 3 is 2.12 bits per heavy atom. The number of benzene rings is 2. The largest absolute Gasteiger partial charge is 0.497 e. The van der Waals surface area contributed by atoms with Crippen LogP contribution in [0.4, 0.5) is 0 Å². The topological polar surface area (TPSA) is 64.6 Å². The van der Waals surface area contributed by atoms with Crippen LogP contribution < -0.4 is 14.2 Å². The number of ether oxygens (including phenoxy) is 2. The highest BCUT2D eigenvalue weighted by molar-refractivity contribution is 7.89. The molecular formula is C16H17Cl2NO4S. The third-order valence-corrected chi connectivity index (χ3v) is 6.03. The molecule has 0 aliphatic rings. The molecule has 2 aromatic rings. The Kier molecular flexibility index (Phi) is 5.98. The van der Waals surface area contributed by atoms with Gasteiger partial charge in [-0.25, -0.2) is 13.1 Å². The van der Waals surface area contributed by atoms with Gasteiger partial charge in [0.05, 0.1) is 19.2 Å². The zero-order chi connectivity index (χ0) is 17.9. The molecule has 0 fully saturated rings. The summed E-state index contributed by atoms with van der Waals surface area (Å²) in [5.41, 5.74) is 0.787. The molecule has 0 aliphatic carbocycles. The van der Waals surface area contributed by atoms with Gasteiger partial charge in [-0.3, -0.25) is 0 Å². The first kappa shape index (κ1) is 18.9. The van der Waals surface area contributed by atoms with Crippen molar-refractivity contribution in [1.29, 1.82) is 0 Å². The molecule has 0 heterocycles. The van der Waals surface area contributed by atoms with Crippen molar-refractivity contribution in [2.75, 3.05) is 14.2 Å². The van der Waals surface area contributed by atoms with Gasteiger partial charge in [0.1, 0.15) is 21.4 Å². The Balaban J connectivity index is 2.29. The second-order valence-corrected chi connectivity index (χ2v) is 7.45. The Bertz CT molecular complexity index is 823. The first-order valence-corrected chi connectivity index (χ1v) is 9.22. The molecule has 0 aromatic heterocycles. The van der Waals surface area contributed by atoms with Crippen LogP contribution in [0.1, 0.15) is 18.5 Å². The quantitative estimate of drug-likeness (QED) is 0.808. The van der Waals surface area contributed by atoms with Gasteiger partial charge in [0.25, 0.3) is 0 Å². The van der Waals surface area contributed by atoms with Crippen LogP contribution in [0, 0.1) is 0 Å². The van der Waals surface area contributed by atoms with Crippen molar-refractivity contribution in [3.05, 3.63) is 52.0 Å². The van der Waals surface area contributed by atoms with E-state index in [1.165, 1.54) is 19.2 Å². The van der Waals surface area contributed by atoms with E-state index in [0.29, 0.717) is 11.5 Å². The minimum atomic E-state index is -3.85. The van der Waals surface area contributed by atoms with Crippen molar-refractivity contribution >= 4 is 33.2 Å². The fourth-order valence-corrected chi connectivity index (χ4v) is 4.21. The van der Waals surface area contributed by atoms with Crippen molar-refractivity contribution < 1.29 is 17.9 Å². The second kappa shape index (κ2) is 7.61. The molecule has 0 aliphatic heterocycles. The highest BCUT2D eigenvalue weighted by Gasteiger charge is 2.24. The molecule has 24 heavy (non-hydrogen) atoms. The standard InChI is InChI=1S/C16H17Cl2NO4S/c1-10(11-4-6-12(22-2)7-5-11)19-24(20,21)14-9-8-13(23-3)15(17)16(14)18/h4-10,19H,1-3H3/t10-/m0/s1. The summed E-state index contributed by atoms with van der Waals surface area (Å²) in [5.74, 6) is 1.00. The van der Waals surface area contributed by atoms with Crippen molar-refractivity contribution in [2.45, 2.75) is 17.9 Å². The smallest absolute Gasteiger partial charge is 0.242 e. The normalized spacial score (nSPS) is 12.7. The number of nitrogens with one attached hydrogen (secondary N) is 1. The number of methoxy groups -OCH3 is 2. The van der Waals surface area contributed by atoms with Crippen molar-refractivity contribution in [3.63, 3.8) is 0 Å². The van der Waals surface area contributed by atoms with E-state index in [1.807, 2.05) is 0 Å². The average molecular weight is 390 g/mol. The molecule has 0 saturated carbocycles. The van der Waals surface area contributed by atoms with Gasteiger partial charge in [0.2, 0.25) is 10.0 Å². The Labute approximate surface area is 151 Å². The van der Waals surface area contributed by atoms with E-state index in [-0.39, 0.29) is 14.9 Å². The van der Waals surface area contributed by atoms with Gasteiger partial charge in [-0.1, -0.05) is 35.3 Å². The van der Waals surface area contributed by atoms with Crippen LogP contribution in [0.5, 0.6) is 11.5 Å². The SMILES string of the molecule is COc1ccc([C@H](C)NS(=O)(=O)c2ccc(OC)c(Cl)c2Cl)cc1. The molecule has 2 aromatic carbocycles. The molecule has 130 valence electrons. The average Bonchev–Trinajstić information content (AvgIpc) is 2.56. The molecule has 0 unspecified atom stereocenters. The van der Waals surface area contributed by atoms with Crippen molar-refractivity contribution in [3.8, 4) is 11.5 Å². The molecule has 0 spiro atoms. The lowest BCUT2D eigenvalue weighted by molar-refractivity contribution is 0.414. The molecular weight excluding hydrogens is 373 g/mol. The van der Waals surface area contributed by atoms with E-state index in [4.69, 9.17) is 32.7 Å². The van der Waals surface area contributed by atoms with Gasteiger partial charge < -0.3 is 9.47 Å². The van der Waals surface area contributed by atoms with E-state index in [1.54, 1.807) is 38.3 Å². The first-order chi connectivity index (χ1) is 11.3. The maximum atomic E-state index is 12.6. The zero-order valence-electron chi connectivity index (χ0n) is 13.3. The van der Waals surface area contributed by atoms with Crippen LogP contribution in [0.2, 0.25) is 10.0 Å². The third-order valence-electron chi connectivity index (χ3n) is 3.47. The maximum absolute atomic E-state index is 12.6. The van der Waals surface area contributed by atoms with Crippen LogP contribution in [-0.2, 0) is 10.0 Å². The lowest BCUT2D eigenvalue weighted by atomic mass is 10.1. The second-order valence-electron chi connectivity index (χ2n) is 5.01. The number of hydrogen-bond acceptors (Lipinski definition) is 4. The molecule has 2 rings (SSSR count). The lowest BCUT2D eigenvalue weighted by Crippen LogP contribution is -2.27. The monoisotopic (exact) mass is 389 g/mol. The Morgan fingerprint density at radius 1 is 0.958 bits per heavy atom. The van der Waals surface area contributed by atoms with Crippen LogP contribution in [-0.4, -0.2) is 22.6 Å². The molecule has 0 bridgehead atoms. The molecule has 1 N–H and O–H groups in total. The summed E-state index contributed by atoms with van der Waals surface area (Å²) in [6, 6.07) is 9.45. The summed E-state index contributed by atoms with van der Waals surface area (Å²) >= 11 is 12.1. The maximum Gasteiger partial charge on any atom is 0.242 e. The van der Waals surface area contributed by atoms with E-state index >= 15 is 0 Å². The summed E-state index contributed by atoms with van der Waals surface area (Å²) in [6.07, 6.45) is 0. The van der Waals surface area contributed by atoms with E-state index < -0.39 is 16.1 Å². The number of sulfonamides is 1. The van der Waals surface area contributed by atoms with Gasteiger partial charge in [-0.2, -0.15) is 0 Å². The van der Waals surface area contributed by atoms with Crippen LogP contribution in [0.25, 0.3) is 0 Å². The van der Waals surface area contributed by atoms with Crippen LogP contribution >= 0.6 is 23.2 Å². The van der Waals surface area contributed by atoms with Gasteiger partial charge in [0.15, 0.2) is 0 Å². The van der Waals surface area contributed by atoms with Gasteiger partial charge >= 0.3 is 0 Å². The zero-order valence-corrected chi connectivity index (χ0v) is 15.7. The summed E-state index contributed by atoms with van der Waals surface area (Å²) < 4.78 is 37.9. The number of rotatable bonds is 6. The fraction of sp³-hybridized carbons (Fsp3) is 0.250. The highest BCUT2D eigenvalue weighted by Crippen LogP contribution is 2.36. The van der Waals surface area contributed by atoms with E-state index in [2.05, 4.69) is 4.72 Å². The van der Waals surface area contributed by atoms with Gasteiger partial charge in [0, 0.05) is 6.04 Å². The van der Waals surface area contributed by atoms with E-state index in [0.717, 1.165) is 5.56 Å². The summed E-state index contributed by atoms with van der Waals surface area (Å²) in [7, 11) is -0.862. The molecule has 8 heteroatoms.